The van der Waals surface area contributed by atoms with E-state index in [2.05, 4.69) is 40.2 Å². The van der Waals surface area contributed by atoms with E-state index in [9.17, 15) is 5.11 Å². The van der Waals surface area contributed by atoms with E-state index in [1.807, 2.05) is 12.1 Å². The third kappa shape index (κ3) is 6.59. The van der Waals surface area contributed by atoms with E-state index < -0.39 is 6.10 Å². The molecular weight excluding hydrogens is 230 g/mol. The molecule has 4 nitrogen and oxygen atoms in total. The van der Waals surface area contributed by atoms with Crippen molar-refractivity contribution < 1.29 is 19.8 Å². The highest BCUT2D eigenvalue weighted by molar-refractivity contribution is 5.27. The number of ether oxygens (including phenoxy) is 1. The van der Waals surface area contributed by atoms with Crippen LogP contribution in [0.25, 0.3) is 0 Å². The van der Waals surface area contributed by atoms with E-state index in [0.29, 0.717) is 13.2 Å². The molecule has 0 radical (unpaired) electrons. The molecule has 0 aliphatic heterocycles. The number of benzene rings is 1. The van der Waals surface area contributed by atoms with Gasteiger partial charge < -0.3 is 19.8 Å². The molecule has 104 valence electrons. The molecule has 1 atom stereocenters. The van der Waals surface area contributed by atoms with Gasteiger partial charge in [0.2, 0.25) is 0 Å². The molecule has 0 heterocycles. The lowest BCUT2D eigenvalue weighted by atomic mass is 10.2. The van der Waals surface area contributed by atoms with E-state index in [4.69, 9.17) is 4.74 Å². The fourth-order valence-electron chi connectivity index (χ4n) is 1.70. The van der Waals surface area contributed by atoms with Gasteiger partial charge in [-0.05, 0) is 24.1 Å². The van der Waals surface area contributed by atoms with Crippen molar-refractivity contribution in [1.82, 2.24) is 0 Å². The summed E-state index contributed by atoms with van der Waals surface area (Å²) in [7, 11) is 6.16. The summed E-state index contributed by atoms with van der Waals surface area (Å²) in [5, 5.41) is 9.81. The highest BCUT2D eigenvalue weighted by Gasteiger charge is 2.15. The number of quaternary nitrogens is 1. The molecule has 1 rings (SSSR count). The number of likely N-dealkylation sites (N-methyl/N-ethyl adjacent to an activating group) is 1. The summed E-state index contributed by atoms with van der Waals surface area (Å²) in [6.45, 7) is 3.16. The monoisotopic (exact) mass is 255 g/mol. The molecule has 1 aromatic carbocycles. The van der Waals surface area contributed by atoms with Crippen LogP contribution in [0.1, 0.15) is 12.5 Å². The molecule has 0 aromatic heterocycles. The Hall–Kier alpha value is -1.10. The summed E-state index contributed by atoms with van der Waals surface area (Å²) in [5.74, 6) is 0.822. The van der Waals surface area contributed by atoms with Crippen molar-refractivity contribution in [2.24, 2.45) is 0 Å². The molecular formula is C14H25NO3. The number of nitrogens with zero attached hydrogens (tertiary/aromatic N) is 1. The van der Waals surface area contributed by atoms with Crippen LogP contribution in [0.15, 0.2) is 24.3 Å². The van der Waals surface area contributed by atoms with Gasteiger partial charge in [0.05, 0.1) is 21.1 Å². The van der Waals surface area contributed by atoms with Gasteiger partial charge in [-0.1, -0.05) is 19.1 Å². The molecule has 1 aromatic rings. The first-order valence-corrected chi connectivity index (χ1v) is 6.11. The van der Waals surface area contributed by atoms with Crippen molar-refractivity contribution in [3.05, 3.63) is 29.8 Å². The van der Waals surface area contributed by atoms with Crippen LogP contribution in [0.3, 0.4) is 0 Å². The quantitative estimate of drug-likeness (QED) is 0.784. The molecule has 4 heteroatoms. The Morgan fingerprint density at radius 1 is 1.17 bits per heavy atom. The van der Waals surface area contributed by atoms with Crippen molar-refractivity contribution in [3.8, 4) is 5.75 Å². The van der Waals surface area contributed by atoms with Crippen LogP contribution in [0.4, 0.5) is 0 Å². The lowest BCUT2D eigenvalue weighted by molar-refractivity contribution is -0.873. The lowest BCUT2D eigenvalue weighted by Crippen LogP contribution is -2.43. The zero-order valence-corrected chi connectivity index (χ0v) is 11.8. The van der Waals surface area contributed by atoms with Crippen molar-refractivity contribution in [1.29, 1.82) is 0 Å². The fraction of sp³-hybridized carbons (Fsp3) is 0.571. The Balaban J connectivity index is 0.00000289. The molecule has 0 spiro atoms. The predicted molar refractivity (Wildman–Crippen MR) is 72.2 cm³/mol. The van der Waals surface area contributed by atoms with Crippen molar-refractivity contribution >= 4 is 0 Å². The predicted octanol–water partition coefficient (Wildman–Crippen LogP) is 1.52. The summed E-state index contributed by atoms with van der Waals surface area (Å²) in [5.41, 5.74) is 1.30. The average molecular weight is 255 g/mol. The Kier molecular flexibility index (Phi) is 6.91. The van der Waals surface area contributed by atoms with Crippen LogP contribution in [0, 0.1) is 0 Å². The second-order valence-corrected chi connectivity index (χ2v) is 5.44. The average Bonchev–Trinajstić information content (AvgIpc) is 2.25. The molecule has 0 aliphatic carbocycles. The summed E-state index contributed by atoms with van der Waals surface area (Å²) in [4.78, 5) is 0. The highest BCUT2D eigenvalue weighted by atomic mass is 16.5. The SMILES string of the molecule is CCc1ccc(OCC(O)C[N+](C)(C)C)cc1.[OH-]. The maximum absolute atomic E-state index is 9.81. The number of aliphatic hydroxyl groups excluding tert-OH is 1. The molecule has 0 fully saturated rings. The van der Waals surface area contributed by atoms with Gasteiger partial charge in [0.1, 0.15) is 25.0 Å². The van der Waals surface area contributed by atoms with E-state index in [1.165, 1.54) is 5.56 Å². The third-order valence-electron chi connectivity index (χ3n) is 2.53. The van der Waals surface area contributed by atoms with Gasteiger partial charge >= 0.3 is 0 Å². The van der Waals surface area contributed by atoms with Gasteiger partial charge in [-0.3, -0.25) is 0 Å². The van der Waals surface area contributed by atoms with Crippen LogP contribution in [0.5, 0.6) is 5.75 Å². The summed E-state index contributed by atoms with van der Waals surface area (Å²) in [6.07, 6.45) is 0.602. The highest BCUT2D eigenvalue weighted by Crippen LogP contribution is 2.12. The van der Waals surface area contributed by atoms with Crippen LogP contribution in [-0.2, 0) is 6.42 Å². The zero-order chi connectivity index (χ0) is 12.9. The number of rotatable bonds is 6. The largest absolute Gasteiger partial charge is 0.870 e. The lowest BCUT2D eigenvalue weighted by Gasteiger charge is -2.26. The van der Waals surface area contributed by atoms with Gasteiger partial charge in [0, 0.05) is 0 Å². The van der Waals surface area contributed by atoms with Crippen LogP contribution < -0.4 is 4.74 Å². The summed E-state index contributed by atoms with van der Waals surface area (Å²) >= 11 is 0. The summed E-state index contributed by atoms with van der Waals surface area (Å²) in [6, 6.07) is 8.03. The topological polar surface area (TPSA) is 59.5 Å². The first-order chi connectivity index (χ1) is 7.90. The van der Waals surface area contributed by atoms with Gasteiger partial charge in [-0.15, -0.1) is 0 Å². The zero-order valence-electron chi connectivity index (χ0n) is 11.8. The number of hydrogen-bond donors (Lipinski definition) is 1. The van der Waals surface area contributed by atoms with Crippen molar-refractivity contribution in [2.45, 2.75) is 19.4 Å². The first kappa shape index (κ1) is 16.9. The second kappa shape index (κ2) is 7.36. The maximum Gasteiger partial charge on any atom is 0.137 e. The molecule has 0 bridgehead atoms. The van der Waals surface area contributed by atoms with E-state index in [0.717, 1.165) is 16.7 Å². The molecule has 0 saturated carbocycles. The standard InChI is InChI=1S/C14H24NO2.H2O/c1-5-12-6-8-14(9-7-12)17-11-13(16)10-15(2,3)4;/h6-9,13,16H,5,10-11H2,1-4H3;1H2/q+1;/p-1. The van der Waals surface area contributed by atoms with Gasteiger partial charge in [0.25, 0.3) is 0 Å². The Morgan fingerprint density at radius 2 is 1.72 bits per heavy atom. The molecule has 1 unspecified atom stereocenters. The minimum Gasteiger partial charge on any atom is -0.870 e. The normalized spacial score (nSPS) is 12.7. The van der Waals surface area contributed by atoms with Crippen molar-refractivity contribution in [2.75, 3.05) is 34.3 Å². The van der Waals surface area contributed by atoms with Gasteiger partial charge in [0.15, 0.2) is 0 Å². The van der Waals surface area contributed by atoms with Crippen LogP contribution in [-0.4, -0.2) is 55.5 Å². The second-order valence-electron chi connectivity index (χ2n) is 5.44. The molecule has 0 aliphatic rings. The number of aryl methyl sites for hydroxylation is 1. The van der Waals surface area contributed by atoms with E-state index in [1.54, 1.807) is 0 Å². The maximum atomic E-state index is 9.81. The van der Waals surface area contributed by atoms with Gasteiger partial charge in [-0.25, -0.2) is 0 Å². The molecule has 0 saturated heterocycles. The van der Waals surface area contributed by atoms with Gasteiger partial charge in [-0.2, -0.15) is 0 Å². The smallest absolute Gasteiger partial charge is 0.137 e. The van der Waals surface area contributed by atoms with Crippen molar-refractivity contribution in [3.63, 3.8) is 0 Å². The third-order valence-corrected chi connectivity index (χ3v) is 2.53. The van der Waals surface area contributed by atoms with E-state index >= 15 is 0 Å². The summed E-state index contributed by atoms with van der Waals surface area (Å²) < 4.78 is 6.29. The van der Waals surface area contributed by atoms with Crippen LogP contribution in [0.2, 0.25) is 0 Å². The van der Waals surface area contributed by atoms with E-state index in [-0.39, 0.29) is 5.48 Å². The molecule has 2 N–H and O–H groups in total. The Morgan fingerprint density at radius 3 is 2.17 bits per heavy atom. The number of aliphatic hydroxyl groups is 1. The first-order valence-electron chi connectivity index (χ1n) is 6.11. The molecule has 18 heavy (non-hydrogen) atoms. The minimum atomic E-state index is -0.430. The Labute approximate surface area is 110 Å². The minimum absolute atomic E-state index is 0. The fourth-order valence-corrected chi connectivity index (χ4v) is 1.70. The number of hydrogen-bond acceptors (Lipinski definition) is 3. The van der Waals surface area contributed by atoms with Crippen LogP contribution >= 0.6 is 0 Å². The Bertz CT molecular complexity index is 330. The molecule has 0 amide bonds.